The Morgan fingerprint density at radius 2 is 1.77 bits per heavy atom. The Morgan fingerprint density at radius 3 is 2.31 bits per heavy atom. The van der Waals surface area contributed by atoms with Crippen LogP contribution in [-0.4, -0.2) is 27.1 Å². The summed E-state index contributed by atoms with van der Waals surface area (Å²) >= 11 is 0. The molecule has 26 heavy (non-hydrogen) atoms. The number of aryl methyl sites for hydroxylation is 1. The SMILES string of the molecule is CCc1ccc([C@@H](C)NC(=O)CN(c2ccccc2F)S(C)(=O)=O)cc1. The largest absolute Gasteiger partial charge is 0.348 e. The van der Waals surface area contributed by atoms with Gasteiger partial charge in [0.2, 0.25) is 15.9 Å². The topological polar surface area (TPSA) is 66.5 Å². The van der Waals surface area contributed by atoms with Gasteiger partial charge in [0, 0.05) is 0 Å². The van der Waals surface area contributed by atoms with Crippen molar-refractivity contribution in [3.8, 4) is 0 Å². The van der Waals surface area contributed by atoms with Crippen LogP contribution in [0.1, 0.15) is 31.0 Å². The zero-order valence-corrected chi connectivity index (χ0v) is 15.9. The predicted octanol–water partition coefficient (Wildman–Crippen LogP) is 3.03. The van der Waals surface area contributed by atoms with Gasteiger partial charge in [-0.1, -0.05) is 43.3 Å². The molecule has 2 aromatic rings. The van der Waals surface area contributed by atoms with E-state index in [1.807, 2.05) is 31.2 Å². The van der Waals surface area contributed by atoms with E-state index in [-0.39, 0.29) is 11.7 Å². The molecule has 0 aliphatic rings. The summed E-state index contributed by atoms with van der Waals surface area (Å²) in [6.45, 7) is 3.38. The number of amides is 1. The minimum atomic E-state index is -3.81. The van der Waals surface area contributed by atoms with Gasteiger partial charge in [-0.2, -0.15) is 0 Å². The van der Waals surface area contributed by atoms with Crippen molar-refractivity contribution in [3.63, 3.8) is 0 Å². The van der Waals surface area contributed by atoms with Crippen molar-refractivity contribution < 1.29 is 17.6 Å². The second kappa shape index (κ2) is 8.31. The summed E-state index contributed by atoms with van der Waals surface area (Å²) in [5.74, 6) is -1.21. The van der Waals surface area contributed by atoms with Crippen LogP contribution in [0, 0.1) is 5.82 Å². The van der Waals surface area contributed by atoms with E-state index >= 15 is 0 Å². The molecule has 0 bridgehead atoms. The summed E-state index contributed by atoms with van der Waals surface area (Å²) in [6.07, 6.45) is 1.87. The molecule has 0 aliphatic carbocycles. The van der Waals surface area contributed by atoms with Crippen molar-refractivity contribution in [1.82, 2.24) is 5.32 Å². The minimum Gasteiger partial charge on any atom is -0.348 e. The zero-order valence-electron chi connectivity index (χ0n) is 15.1. The Labute approximate surface area is 153 Å². The highest BCUT2D eigenvalue weighted by atomic mass is 32.2. The lowest BCUT2D eigenvalue weighted by atomic mass is 10.1. The van der Waals surface area contributed by atoms with Crippen molar-refractivity contribution in [2.24, 2.45) is 0 Å². The van der Waals surface area contributed by atoms with Gasteiger partial charge in [0.25, 0.3) is 0 Å². The highest BCUT2D eigenvalue weighted by molar-refractivity contribution is 7.92. The fourth-order valence-corrected chi connectivity index (χ4v) is 3.44. The van der Waals surface area contributed by atoms with Crippen molar-refractivity contribution >= 4 is 21.6 Å². The van der Waals surface area contributed by atoms with E-state index in [2.05, 4.69) is 12.2 Å². The number of nitrogens with zero attached hydrogens (tertiary/aromatic N) is 1. The molecule has 0 fully saturated rings. The molecule has 1 amide bonds. The summed E-state index contributed by atoms with van der Waals surface area (Å²) in [5.41, 5.74) is 1.95. The molecule has 1 atom stereocenters. The van der Waals surface area contributed by atoms with Crippen LogP contribution in [0.15, 0.2) is 48.5 Å². The third-order valence-electron chi connectivity index (χ3n) is 4.07. The maximum atomic E-state index is 14.0. The molecule has 0 heterocycles. The minimum absolute atomic E-state index is 0.148. The average molecular weight is 378 g/mol. The second-order valence-electron chi connectivity index (χ2n) is 6.11. The zero-order chi connectivity index (χ0) is 19.3. The van der Waals surface area contributed by atoms with Gasteiger partial charge in [0.15, 0.2) is 0 Å². The smallest absolute Gasteiger partial charge is 0.241 e. The Morgan fingerprint density at radius 1 is 1.15 bits per heavy atom. The van der Waals surface area contributed by atoms with Crippen molar-refractivity contribution in [1.29, 1.82) is 0 Å². The monoisotopic (exact) mass is 378 g/mol. The molecule has 0 saturated heterocycles. The van der Waals surface area contributed by atoms with Crippen molar-refractivity contribution in [2.75, 3.05) is 17.1 Å². The average Bonchev–Trinajstić information content (AvgIpc) is 2.59. The first-order chi connectivity index (χ1) is 12.2. The van der Waals surface area contributed by atoms with Gasteiger partial charge in [-0.3, -0.25) is 9.10 Å². The third kappa shape index (κ3) is 5.05. The molecule has 0 aromatic heterocycles. The first-order valence-corrected chi connectivity index (χ1v) is 10.2. The molecular formula is C19H23FN2O3S. The van der Waals surface area contributed by atoms with Gasteiger partial charge < -0.3 is 5.32 Å². The number of halogens is 1. The first kappa shape index (κ1) is 19.9. The van der Waals surface area contributed by atoms with Crippen LogP contribution in [0.2, 0.25) is 0 Å². The van der Waals surface area contributed by atoms with E-state index in [9.17, 15) is 17.6 Å². The van der Waals surface area contributed by atoms with Crippen molar-refractivity contribution in [3.05, 3.63) is 65.5 Å². The number of rotatable bonds is 7. The predicted molar refractivity (Wildman–Crippen MR) is 101 cm³/mol. The Balaban J connectivity index is 2.13. The van der Waals surface area contributed by atoms with Crippen LogP contribution < -0.4 is 9.62 Å². The lowest BCUT2D eigenvalue weighted by Gasteiger charge is -2.23. The number of benzene rings is 2. The fourth-order valence-electron chi connectivity index (χ4n) is 2.58. The van der Waals surface area contributed by atoms with E-state index in [0.29, 0.717) is 0 Å². The molecular weight excluding hydrogens is 355 g/mol. The lowest BCUT2D eigenvalue weighted by molar-refractivity contribution is -0.120. The quantitative estimate of drug-likeness (QED) is 0.805. The van der Waals surface area contributed by atoms with Gasteiger partial charge in [0.1, 0.15) is 12.4 Å². The lowest BCUT2D eigenvalue weighted by Crippen LogP contribution is -2.41. The number of anilines is 1. The highest BCUT2D eigenvalue weighted by Gasteiger charge is 2.24. The van der Waals surface area contributed by atoms with E-state index in [1.54, 1.807) is 0 Å². The molecule has 1 N–H and O–H groups in total. The molecule has 2 aromatic carbocycles. The van der Waals surface area contributed by atoms with Gasteiger partial charge in [-0.25, -0.2) is 12.8 Å². The molecule has 0 spiro atoms. The summed E-state index contributed by atoms with van der Waals surface area (Å²) < 4.78 is 38.8. The van der Waals surface area contributed by atoms with Crippen LogP contribution in [-0.2, 0) is 21.2 Å². The second-order valence-corrected chi connectivity index (χ2v) is 8.01. The highest BCUT2D eigenvalue weighted by Crippen LogP contribution is 2.21. The van der Waals surface area contributed by atoms with Crippen LogP contribution in [0.4, 0.5) is 10.1 Å². The molecule has 0 radical (unpaired) electrons. The summed E-state index contributed by atoms with van der Waals surface area (Å²) in [4.78, 5) is 12.4. The van der Waals surface area contributed by atoms with Crippen LogP contribution >= 0.6 is 0 Å². The van der Waals surface area contributed by atoms with E-state index in [4.69, 9.17) is 0 Å². The van der Waals surface area contributed by atoms with Crippen LogP contribution in [0.25, 0.3) is 0 Å². The summed E-state index contributed by atoms with van der Waals surface area (Å²) in [7, 11) is -3.81. The van der Waals surface area contributed by atoms with Crippen LogP contribution in [0.5, 0.6) is 0 Å². The van der Waals surface area contributed by atoms with Gasteiger partial charge in [-0.15, -0.1) is 0 Å². The number of para-hydroxylation sites is 1. The summed E-state index contributed by atoms with van der Waals surface area (Å²) in [6, 6.07) is 13.0. The molecule has 0 saturated carbocycles. The van der Waals surface area contributed by atoms with Gasteiger partial charge in [-0.05, 0) is 36.6 Å². The molecule has 7 heteroatoms. The molecule has 5 nitrogen and oxygen atoms in total. The molecule has 0 aliphatic heterocycles. The maximum absolute atomic E-state index is 14.0. The molecule has 2 rings (SSSR count). The summed E-state index contributed by atoms with van der Waals surface area (Å²) in [5, 5.41) is 2.76. The molecule has 140 valence electrons. The fraction of sp³-hybridized carbons (Fsp3) is 0.316. The van der Waals surface area contributed by atoms with Crippen molar-refractivity contribution in [2.45, 2.75) is 26.3 Å². The number of hydrogen-bond donors (Lipinski definition) is 1. The Hall–Kier alpha value is -2.41. The van der Waals surface area contributed by atoms with Crippen LogP contribution in [0.3, 0.4) is 0 Å². The third-order valence-corrected chi connectivity index (χ3v) is 5.20. The number of nitrogens with one attached hydrogen (secondary N) is 1. The Kier molecular flexibility index (Phi) is 6.37. The number of carbonyl (C=O) groups is 1. The van der Waals surface area contributed by atoms with E-state index in [0.717, 1.165) is 28.6 Å². The van der Waals surface area contributed by atoms with Gasteiger partial charge in [0.05, 0.1) is 18.0 Å². The number of hydrogen-bond acceptors (Lipinski definition) is 3. The molecule has 0 unspecified atom stereocenters. The van der Waals surface area contributed by atoms with Gasteiger partial charge >= 0.3 is 0 Å². The maximum Gasteiger partial charge on any atom is 0.241 e. The van der Waals surface area contributed by atoms with E-state index < -0.39 is 28.3 Å². The first-order valence-electron chi connectivity index (χ1n) is 8.32. The number of carbonyl (C=O) groups excluding carboxylic acids is 1. The standard InChI is InChI=1S/C19H23FN2O3S/c1-4-15-9-11-16(12-10-15)14(2)21-19(23)13-22(26(3,24)25)18-8-6-5-7-17(18)20/h5-12,14H,4,13H2,1-3H3,(H,21,23)/t14-/m1/s1. The number of sulfonamides is 1. The van der Waals surface area contributed by atoms with E-state index in [1.165, 1.54) is 23.8 Å². The Bertz CT molecular complexity index is 867. The normalized spacial score (nSPS) is 12.5.